The minimum atomic E-state index is 0.608. The summed E-state index contributed by atoms with van der Waals surface area (Å²) in [7, 11) is 0. The Balaban J connectivity index is 2.31. The molecule has 2 unspecified atom stereocenters. The van der Waals surface area contributed by atoms with E-state index in [4.69, 9.17) is 4.74 Å². The summed E-state index contributed by atoms with van der Waals surface area (Å²) in [5, 5.41) is 3.65. The molecule has 1 fully saturated rings. The standard InChI is InChI=1S/C15H32N2O/c1-4-9-16-14(3)15-8-6-7-10-17(15)11-13-18-12-5-2/h14-16H,4-13H2,1-3H3. The van der Waals surface area contributed by atoms with Crippen molar-refractivity contribution in [3.63, 3.8) is 0 Å². The van der Waals surface area contributed by atoms with E-state index in [1.165, 1.54) is 32.2 Å². The molecule has 0 aliphatic carbocycles. The van der Waals surface area contributed by atoms with Gasteiger partial charge in [-0.15, -0.1) is 0 Å². The van der Waals surface area contributed by atoms with Crippen LogP contribution in [0.5, 0.6) is 0 Å². The fourth-order valence-corrected chi connectivity index (χ4v) is 2.80. The van der Waals surface area contributed by atoms with Crippen LogP contribution < -0.4 is 5.32 Å². The van der Waals surface area contributed by atoms with E-state index in [0.29, 0.717) is 12.1 Å². The lowest BCUT2D eigenvalue weighted by Crippen LogP contribution is -2.52. The molecule has 1 heterocycles. The second-order valence-electron chi connectivity index (χ2n) is 5.45. The average Bonchev–Trinajstić information content (AvgIpc) is 2.41. The van der Waals surface area contributed by atoms with Crippen LogP contribution in [0.25, 0.3) is 0 Å². The number of rotatable bonds is 9. The molecular weight excluding hydrogens is 224 g/mol. The summed E-state index contributed by atoms with van der Waals surface area (Å²) in [6.45, 7) is 12.0. The Morgan fingerprint density at radius 2 is 2.06 bits per heavy atom. The smallest absolute Gasteiger partial charge is 0.0593 e. The normalized spacial score (nSPS) is 23.2. The van der Waals surface area contributed by atoms with E-state index in [9.17, 15) is 0 Å². The van der Waals surface area contributed by atoms with Gasteiger partial charge in [-0.2, -0.15) is 0 Å². The minimum absolute atomic E-state index is 0.608. The Labute approximate surface area is 113 Å². The van der Waals surface area contributed by atoms with Gasteiger partial charge in [0.05, 0.1) is 6.61 Å². The molecule has 0 saturated carbocycles. The fourth-order valence-electron chi connectivity index (χ4n) is 2.80. The first-order valence-corrected chi connectivity index (χ1v) is 7.84. The highest BCUT2D eigenvalue weighted by Crippen LogP contribution is 2.19. The summed E-state index contributed by atoms with van der Waals surface area (Å²) in [4.78, 5) is 2.63. The van der Waals surface area contributed by atoms with Crippen LogP contribution in [0.2, 0.25) is 0 Å². The third kappa shape index (κ3) is 5.68. The molecule has 1 N–H and O–H groups in total. The number of nitrogens with one attached hydrogen (secondary N) is 1. The molecule has 0 radical (unpaired) electrons. The van der Waals surface area contributed by atoms with Crippen LogP contribution in [-0.4, -0.2) is 49.8 Å². The zero-order valence-corrected chi connectivity index (χ0v) is 12.6. The number of ether oxygens (including phenoxy) is 1. The zero-order valence-electron chi connectivity index (χ0n) is 12.6. The van der Waals surface area contributed by atoms with Crippen LogP contribution in [0.15, 0.2) is 0 Å². The van der Waals surface area contributed by atoms with Crippen LogP contribution in [0, 0.1) is 0 Å². The summed E-state index contributed by atoms with van der Waals surface area (Å²) in [6, 6.07) is 1.31. The lowest BCUT2D eigenvalue weighted by Gasteiger charge is -2.39. The number of nitrogens with zero attached hydrogens (tertiary/aromatic N) is 1. The van der Waals surface area contributed by atoms with Crippen LogP contribution in [0.4, 0.5) is 0 Å². The van der Waals surface area contributed by atoms with Crippen LogP contribution in [-0.2, 0) is 4.74 Å². The molecule has 1 saturated heterocycles. The van der Waals surface area contributed by atoms with E-state index in [1.54, 1.807) is 0 Å². The molecule has 0 amide bonds. The van der Waals surface area contributed by atoms with Crippen molar-refractivity contribution in [2.24, 2.45) is 0 Å². The second kappa shape index (κ2) is 9.76. The lowest BCUT2D eigenvalue weighted by atomic mass is 9.96. The van der Waals surface area contributed by atoms with Crippen LogP contribution >= 0.6 is 0 Å². The predicted octanol–water partition coefficient (Wildman–Crippen LogP) is 2.66. The Bertz CT molecular complexity index is 199. The highest BCUT2D eigenvalue weighted by Gasteiger charge is 2.26. The quantitative estimate of drug-likeness (QED) is 0.642. The van der Waals surface area contributed by atoms with Gasteiger partial charge < -0.3 is 10.1 Å². The second-order valence-corrected chi connectivity index (χ2v) is 5.45. The molecule has 0 spiro atoms. The van der Waals surface area contributed by atoms with Gasteiger partial charge in [0.15, 0.2) is 0 Å². The maximum atomic E-state index is 5.63. The third-order valence-corrected chi connectivity index (χ3v) is 3.83. The Hall–Kier alpha value is -0.120. The number of hydrogen-bond acceptors (Lipinski definition) is 3. The Morgan fingerprint density at radius 3 is 2.78 bits per heavy atom. The molecule has 18 heavy (non-hydrogen) atoms. The van der Waals surface area contributed by atoms with Gasteiger partial charge in [0, 0.05) is 25.2 Å². The summed E-state index contributed by atoms with van der Waals surface area (Å²) < 4.78 is 5.63. The van der Waals surface area contributed by atoms with Crippen molar-refractivity contribution >= 4 is 0 Å². The maximum Gasteiger partial charge on any atom is 0.0593 e. The van der Waals surface area contributed by atoms with E-state index >= 15 is 0 Å². The Kier molecular flexibility index (Phi) is 8.64. The van der Waals surface area contributed by atoms with Crippen molar-refractivity contribution in [1.29, 1.82) is 0 Å². The van der Waals surface area contributed by atoms with Gasteiger partial charge in [-0.05, 0) is 45.7 Å². The van der Waals surface area contributed by atoms with Crippen molar-refractivity contribution in [2.45, 2.75) is 65.0 Å². The molecule has 0 aromatic carbocycles. The predicted molar refractivity (Wildman–Crippen MR) is 78.1 cm³/mol. The number of hydrogen-bond donors (Lipinski definition) is 1. The first kappa shape index (κ1) is 15.9. The number of piperidine rings is 1. The highest BCUT2D eigenvalue weighted by atomic mass is 16.5. The molecule has 1 rings (SSSR count). The van der Waals surface area contributed by atoms with Crippen LogP contribution in [0.3, 0.4) is 0 Å². The molecule has 0 aromatic rings. The monoisotopic (exact) mass is 256 g/mol. The van der Waals surface area contributed by atoms with Gasteiger partial charge in [0.1, 0.15) is 0 Å². The number of likely N-dealkylation sites (tertiary alicyclic amines) is 1. The van der Waals surface area contributed by atoms with E-state index in [2.05, 4.69) is 31.0 Å². The lowest BCUT2D eigenvalue weighted by molar-refractivity contribution is 0.0610. The third-order valence-electron chi connectivity index (χ3n) is 3.83. The molecule has 3 heteroatoms. The minimum Gasteiger partial charge on any atom is -0.380 e. The van der Waals surface area contributed by atoms with E-state index < -0.39 is 0 Å². The first-order valence-electron chi connectivity index (χ1n) is 7.84. The molecule has 0 aromatic heterocycles. The topological polar surface area (TPSA) is 24.5 Å². The molecule has 2 atom stereocenters. The van der Waals surface area contributed by atoms with Gasteiger partial charge in [-0.3, -0.25) is 4.90 Å². The van der Waals surface area contributed by atoms with Crippen molar-refractivity contribution in [3.05, 3.63) is 0 Å². The summed E-state index contributed by atoms with van der Waals surface area (Å²) in [5.41, 5.74) is 0. The van der Waals surface area contributed by atoms with Crippen LogP contribution in [0.1, 0.15) is 52.9 Å². The first-order chi connectivity index (χ1) is 8.79. The van der Waals surface area contributed by atoms with E-state index in [0.717, 1.165) is 32.7 Å². The molecule has 3 nitrogen and oxygen atoms in total. The van der Waals surface area contributed by atoms with Gasteiger partial charge in [-0.1, -0.05) is 20.3 Å². The van der Waals surface area contributed by atoms with Crippen molar-refractivity contribution in [3.8, 4) is 0 Å². The molecule has 0 bridgehead atoms. The molecule has 108 valence electrons. The van der Waals surface area contributed by atoms with Crippen molar-refractivity contribution < 1.29 is 4.74 Å². The van der Waals surface area contributed by atoms with Gasteiger partial charge in [-0.25, -0.2) is 0 Å². The van der Waals surface area contributed by atoms with Gasteiger partial charge in [0.2, 0.25) is 0 Å². The fraction of sp³-hybridized carbons (Fsp3) is 1.00. The molecule has 1 aliphatic heterocycles. The maximum absolute atomic E-state index is 5.63. The highest BCUT2D eigenvalue weighted by molar-refractivity contribution is 4.84. The van der Waals surface area contributed by atoms with E-state index in [-0.39, 0.29) is 0 Å². The summed E-state index contributed by atoms with van der Waals surface area (Å²) in [5.74, 6) is 0. The molecule has 1 aliphatic rings. The van der Waals surface area contributed by atoms with Gasteiger partial charge in [0.25, 0.3) is 0 Å². The van der Waals surface area contributed by atoms with E-state index in [1.807, 2.05) is 0 Å². The summed E-state index contributed by atoms with van der Waals surface area (Å²) in [6.07, 6.45) is 6.42. The average molecular weight is 256 g/mol. The van der Waals surface area contributed by atoms with Crippen molar-refractivity contribution in [2.75, 3.05) is 32.8 Å². The Morgan fingerprint density at radius 1 is 1.22 bits per heavy atom. The summed E-state index contributed by atoms with van der Waals surface area (Å²) >= 11 is 0. The van der Waals surface area contributed by atoms with Gasteiger partial charge >= 0.3 is 0 Å². The van der Waals surface area contributed by atoms with Crippen molar-refractivity contribution in [1.82, 2.24) is 10.2 Å². The largest absolute Gasteiger partial charge is 0.380 e. The SMILES string of the molecule is CCCNC(C)C1CCCCN1CCOCCC. The zero-order chi connectivity index (χ0) is 13.2. The molecular formula is C15H32N2O.